The maximum atomic E-state index is 15.3. The van der Waals surface area contributed by atoms with Gasteiger partial charge in [0.05, 0.1) is 41.2 Å². The Bertz CT molecular complexity index is 1790. The molecule has 45 heavy (non-hydrogen) atoms. The lowest BCUT2D eigenvalue weighted by molar-refractivity contribution is -0.141. The topological polar surface area (TPSA) is 179 Å². The smallest absolute Gasteiger partial charge is 0.392 e. The van der Waals surface area contributed by atoms with Crippen molar-refractivity contribution in [1.29, 1.82) is 5.26 Å². The lowest BCUT2D eigenvalue weighted by atomic mass is 10.1. The van der Waals surface area contributed by atoms with Gasteiger partial charge in [-0.05, 0) is 38.0 Å². The Kier molecular flexibility index (Phi) is 8.45. The van der Waals surface area contributed by atoms with Crippen molar-refractivity contribution in [2.24, 2.45) is 5.73 Å². The maximum absolute atomic E-state index is 15.3. The van der Waals surface area contributed by atoms with E-state index in [0.717, 1.165) is 16.9 Å². The molecule has 13 nitrogen and oxygen atoms in total. The van der Waals surface area contributed by atoms with Crippen LogP contribution in [-0.4, -0.2) is 77.2 Å². The first kappa shape index (κ1) is 31.3. The summed E-state index contributed by atoms with van der Waals surface area (Å²) in [6.07, 6.45) is -0.274. The second-order valence-electron chi connectivity index (χ2n) is 10.8. The number of likely N-dealkylation sites (tertiary alicyclic amines) is 1. The van der Waals surface area contributed by atoms with Gasteiger partial charge in [0, 0.05) is 43.4 Å². The Morgan fingerprint density at radius 2 is 2.04 bits per heavy atom. The van der Waals surface area contributed by atoms with E-state index < -0.39 is 47.7 Å². The highest BCUT2D eigenvalue weighted by atomic mass is 19.4. The predicted molar refractivity (Wildman–Crippen MR) is 151 cm³/mol. The number of carbonyl (C=O) groups excluding carboxylic acids is 2. The lowest BCUT2D eigenvalue weighted by Gasteiger charge is -2.26. The molecule has 4 aromatic rings. The molecule has 1 aromatic carbocycles. The molecule has 5 rings (SSSR count). The number of imidazole rings is 1. The molecule has 3 aromatic heterocycles. The summed E-state index contributed by atoms with van der Waals surface area (Å²) in [6, 6.07) is 3.16. The molecule has 5 N–H and O–H groups in total. The number of nitriles is 1. The Morgan fingerprint density at radius 1 is 1.29 bits per heavy atom. The van der Waals surface area contributed by atoms with Crippen molar-refractivity contribution < 1.29 is 32.3 Å². The van der Waals surface area contributed by atoms with Gasteiger partial charge in [0.1, 0.15) is 12.4 Å². The minimum atomic E-state index is -4.79. The number of β-amino-alcohol motifs (C(OH)–C–C–N with tert-alkyl or cyclic N) is 1. The number of aliphatic hydroxyl groups excluding tert-OH is 1. The van der Waals surface area contributed by atoms with Crippen LogP contribution in [0.2, 0.25) is 0 Å². The molecule has 1 aliphatic heterocycles. The number of fused-ring (bicyclic) bond motifs is 1. The average Bonchev–Trinajstić information content (AvgIpc) is 3.65. The molecule has 1 saturated heterocycles. The number of anilines is 2. The molecule has 0 saturated carbocycles. The number of aromatic nitrogens is 5. The van der Waals surface area contributed by atoms with E-state index in [1.54, 1.807) is 17.9 Å². The van der Waals surface area contributed by atoms with E-state index in [4.69, 9.17) is 11.0 Å². The summed E-state index contributed by atoms with van der Waals surface area (Å²) in [5.41, 5.74) is 4.40. The first-order valence-corrected chi connectivity index (χ1v) is 13.7. The summed E-state index contributed by atoms with van der Waals surface area (Å²) in [6.45, 7) is 3.26. The number of nitrogens with two attached hydrogens (primary N) is 1. The molecule has 0 aliphatic carbocycles. The number of aryl methyl sites for hydroxylation is 1. The van der Waals surface area contributed by atoms with E-state index in [1.807, 2.05) is 0 Å². The van der Waals surface area contributed by atoms with Gasteiger partial charge in [-0.15, -0.1) is 0 Å². The Labute approximate surface area is 253 Å². The van der Waals surface area contributed by atoms with Crippen LogP contribution in [0.25, 0.3) is 16.9 Å². The van der Waals surface area contributed by atoms with Gasteiger partial charge in [0.15, 0.2) is 17.2 Å². The monoisotopic (exact) mass is 628 g/mol. The molecule has 236 valence electrons. The van der Waals surface area contributed by atoms with Crippen molar-refractivity contribution in [3.05, 3.63) is 59.6 Å². The van der Waals surface area contributed by atoms with Crippen LogP contribution in [0.15, 0.2) is 36.9 Å². The van der Waals surface area contributed by atoms with Gasteiger partial charge in [-0.25, -0.2) is 14.4 Å². The van der Waals surface area contributed by atoms with Gasteiger partial charge in [-0.3, -0.25) is 23.6 Å². The highest BCUT2D eigenvalue weighted by Crippen LogP contribution is 2.37. The quantitative estimate of drug-likeness (QED) is 0.203. The summed E-state index contributed by atoms with van der Waals surface area (Å²) >= 11 is 0. The van der Waals surface area contributed by atoms with Crippen LogP contribution in [0.4, 0.5) is 29.1 Å². The van der Waals surface area contributed by atoms with Crippen LogP contribution in [0.1, 0.15) is 35.0 Å². The van der Waals surface area contributed by atoms with Crippen LogP contribution in [-0.2, 0) is 17.5 Å². The number of benzene rings is 1. The van der Waals surface area contributed by atoms with E-state index in [2.05, 4.69) is 25.7 Å². The molecule has 1 aliphatic rings. The van der Waals surface area contributed by atoms with Crippen LogP contribution in [0.3, 0.4) is 0 Å². The van der Waals surface area contributed by atoms with E-state index in [9.17, 15) is 27.9 Å². The second-order valence-corrected chi connectivity index (χ2v) is 10.8. The van der Waals surface area contributed by atoms with Gasteiger partial charge in [-0.2, -0.15) is 23.5 Å². The van der Waals surface area contributed by atoms with Gasteiger partial charge in [0.25, 0.3) is 5.91 Å². The zero-order chi connectivity index (χ0) is 32.6. The summed E-state index contributed by atoms with van der Waals surface area (Å²) < 4.78 is 58.8. The Morgan fingerprint density at radius 3 is 2.71 bits per heavy atom. The number of halogens is 4. The minimum absolute atomic E-state index is 0.0426. The largest absolute Gasteiger partial charge is 0.435 e. The molecule has 2 unspecified atom stereocenters. The fourth-order valence-electron chi connectivity index (χ4n) is 5.49. The summed E-state index contributed by atoms with van der Waals surface area (Å²) in [5, 5.41) is 28.0. The van der Waals surface area contributed by atoms with Crippen LogP contribution >= 0.6 is 0 Å². The van der Waals surface area contributed by atoms with Crippen molar-refractivity contribution in [1.82, 2.24) is 34.4 Å². The van der Waals surface area contributed by atoms with E-state index in [0.29, 0.717) is 0 Å². The molecule has 4 heterocycles. The van der Waals surface area contributed by atoms with Gasteiger partial charge < -0.3 is 21.5 Å². The SMILES string of the molecule is Cc1cc(Nc2nccn3c(-c4cn(CC#N)nc4C(F)(F)F)cnc23)cc(F)c1C(=O)N[C@H](C)CN1CC(O)CC1C(N)=O. The van der Waals surface area contributed by atoms with Crippen LogP contribution in [0, 0.1) is 24.1 Å². The number of carbonyl (C=O) groups is 2. The van der Waals surface area contributed by atoms with Crippen molar-refractivity contribution in [2.45, 2.75) is 51.2 Å². The predicted octanol–water partition coefficient (Wildman–Crippen LogP) is 2.37. The highest BCUT2D eigenvalue weighted by Gasteiger charge is 2.39. The zero-order valence-corrected chi connectivity index (χ0v) is 24.0. The first-order chi connectivity index (χ1) is 21.3. The van der Waals surface area contributed by atoms with Crippen molar-refractivity contribution >= 4 is 29.0 Å². The molecule has 2 amide bonds. The van der Waals surface area contributed by atoms with Gasteiger partial charge in [0.2, 0.25) is 5.91 Å². The fraction of sp³-hybridized carbons (Fsp3) is 0.357. The van der Waals surface area contributed by atoms with Crippen molar-refractivity contribution in [2.75, 3.05) is 18.4 Å². The second kappa shape index (κ2) is 12.1. The number of primary amides is 1. The molecule has 17 heteroatoms. The molecule has 1 fully saturated rings. The van der Waals surface area contributed by atoms with Crippen molar-refractivity contribution in [3.63, 3.8) is 0 Å². The van der Waals surface area contributed by atoms with Gasteiger partial charge >= 0.3 is 6.18 Å². The Balaban J connectivity index is 1.36. The molecule has 0 radical (unpaired) electrons. The third-order valence-electron chi connectivity index (χ3n) is 7.34. The van der Waals surface area contributed by atoms with E-state index in [-0.39, 0.29) is 65.6 Å². The van der Waals surface area contributed by atoms with Crippen molar-refractivity contribution in [3.8, 4) is 17.3 Å². The number of nitrogens with one attached hydrogen (secondary N) is 2. The van der Waals surface area contributed by atoms with Crippen LogP contribution < -0.4 is 16.4 Å². The molecule has 3 atom stereocenters. The fourth-order valence-corrected chi connectivity index (χ4v) is 5.49. The standard InChI is InChI=1S/C28H28F4N10O3/c1-14-7-16(8-19(29)22(14)27(45)37-15(2)11-40-12-17(43)9-20(40)24(34)44)38-25-26-36-10-21(42(26)6-4-35-25)18-13-41(5-3-33)39-23(18)28(30,31)32/h4,6-8,10,13,15,17,20,43H,5,9,11-12H2,1-2H3,(H2,34,44)(H,35,38)(H,37,45)/t15-,17?,20?/m1/s1. The normalized spacial score (nSPS) is 17.7. The molecular formula is C28H28F4N10O3. The Hall–Kier alpha value is -5.08. The summed E-state index contributed by atoms with van der Waals surface area (Å²) in [7, 11) is 0. The summed E-state index contributed by atoms with van der Waals surface area (Å²) in [4.78, 5) is 34.8. The highest BCUT2D eigenvalue weighted by molar-refractivity contribution is 5.96. The average molecular weight is 629 g/mol. The third kappa shape index (κ3) is 6.42. The molecular weight excluding hydrogens is 600 g/mol. The van der Waals surface area contributed by atoms with Crippen LogP contribution in [0.5, 0.6) is 0 Å². The number of alkyl halides is 3. The minimum Gasteiger partial charge on any atom is -0.392 e. The third-order valence-corrected chi connectivity index (χ3v) is 7.34. The number of amides is 2. The number of hydrogen-bond acceptors (Lipinski definition) is 9. The van der Waals surface area contributed by atoms with Gasteiger partial charge in [-0.1, -0.05) is 0 Å². The number of hydrogen-bond donors (Lipinski definition) is 4. The first-order valence-electron chi connectivity index (χ1n) is 13.7. The van der Waals surface area contributed by atoms with E-state index >= 15 is 4.39 Å². The number of nitrogens with zero attached hydrogens (tertiary/aromatic N) is 7. The number of rotatable bonds is 9. The van der Waals surface area contributed by atoms with E-state index in [1.165, 1.54) is 36.0 Å². The molecule has 0 spiro atoms. The summed E-state index contributed by atoms with van der Waals surface area (Å²) in [5.74, 6) is -2.01. The lowest BCUT2D eigenvalue weighted by Crippen LogP contribution is -2.47. The number of aliphatic hydroxyl groups is 1. The zero-order valence-electron chi connectivity index (χ0n) is 24.0. The molecule has 0 bridgehead atoms. The maximum Gasteiger partial charge on any atom is 0.435 e.